The van der Waals surface area contributed by atoms with Gasteiger partial charge < -0.3 is 34.9 Å². The number of piperidine rings is 2. The van der Waals surface area contributed by atoms with Crippen LogP contribution in [0.2, 0.25) is 0 Å². The minimum absolute atomic E-state index is 0.0978. The maximum Gasteiger partial charge on any atom is 0.407 e. The maximum absolute atomic E-state index is 13.9. The first-order valence-corrected chi connectivity index (χ1v) is 22.4. The molecule has 2 aromatic heterocycles. The number of likely N-dealkylation sites (tertiary alicyclic amines) is 2. The molecule has 0 bridgehead atoms. The smallest absolute Gasteiger partial charge is 0.407 e. The van der Waals surface area contributed by atoms with Crippen LogP contribution in [0.5, 0.6) is 0 Å². The molecular weight excluding hydrogens is 809 g/mol. The fourth-order valence-electron chi connectivity index (χ4n) is 10.5. The number of nitrogens with zero attached hydrogens (tertiary/aromatic N) is 5. The molecule has 8 atom stereocenters. The summed E-state index contributed by atoms with van der Waals surface area (Å²) >= 11 is 0. The number of ether oxygens (including phenoxy) is 1. The molecule has 4 heterocycles. The Balaban J connectivity index is 0.838. The zero-order chi connectivity index (χ0) is 44.7. The fraction of sp³-hybridized carbons (Fsp3) is 0.400. The number of H-pyrrole nitrogens is 2. The van der Waals surface area contributed by atoms with Crippen LogP contribution in [0.3, 0.4) is 0 Å². The molecule has 0 radical (unpaired) electrons. The van der Waals surface area contributed by atoms with E-state index in [-0.39, 0.29) is 47.8 Å². The highest BCUT2D eigenvalue weighted by atomic mass is 16.5. The summed E-state index contributed by atoms with van der Waals surface area (Å²) in [5.41, 5.74) is 5.79. The minimum atomic E-state index is -1.11. The number of alkyl carbamates (subject to hydrolysis) is 1. The summed E-state index contributed by atoms with van der Waals surface area (Å²) in [7, 11) is 2.78. The monoisotopic (exact) mass is 862 g/mol. The molecule has 4 amide bonds. The number of rotatable bonds is 11. The summed E-state index contributed by atoms with van der Waals surface area (Å²) in [4.78, 5) is 73.5. The van der Waals surface area contributed by atoms with Gasteiger partial charge in [-0.15, -0.1) is 0 Å². The number of hydrogen-bond donors (Lipinski definition) is 4. The van der Waals surface area contributed by atoms with E-state index >= 15 is 0 Å². The molecule has 10 rings (SSSR count). The molecule has 2 aliphatic heterocycles. The summed E-state index contributed by atoms with van der Waals surface area (Å²) in [6, 6.07) is 24.2. The van der Waals surface area contributed by atoms with Gasteiger partial charge in [-0.1, -0.05) is 76.2 Å². The van der Waals surface area contributed by atoms with Gasteiger partial charge in [-0.2, -0.15) is 0 Å². The third kappa shape index (κ3) is 7.31. The van der Waals surface area contributed by atoms with E-state index in [2.05, 4.69) is 88.1 Å². The van der Waals surface area contributed by atoms with Crippen molar-refractivity contribution in [2.45, 2.75) is 89.6 Å². The van der Waals surface area contributed by atoms with Crippen LogP contribution < -0.4 is 5.32 Å². The maximum atomic E-state index is 13.9. The van der Waals surface area contributed by atoms with Crippen molar-refractivity contribution in [1.82, 2.24) is 40.0 Å². The van der Waals surface area contributed by atoms with Crippen LogP contribution in [0, 0.1) is 23.7 Å². The molecule has 4 aromatic carbocycles. The van der Waals surface area contributed by atoms with E-state index in [9.17, 15) is 24.3 Å². The summed E-state index contributed by atoms with van der Waals surface area (Å²) in [5, 5.41) is 16.9. The Morgan fingerprint density at radius 1 is 0.672 bits per heavy atom. The molecule has 2 aliphatic carbocycles. The van der Waals surface area contributed by atoms with Gasteiger partial charge in [0.05, 0.1) is 30.6 Å². The highest BCUT2D eigenvalue weighted by Gasteiger charge is 2.57. The number of aromatic nitrogens is 4. The molecule has 0 spiro atoms. The number of aromatic amines is 2. The molecule has 330 valence electrons. The Bertz CT molecular complexity index is 2830. The van der Waals surface area contributed by atoms with Crippen LogP contribution >= 0.6 is 0 Å². The summed E-state index contributed by atoms with van der Waals surface area (Å²) in [6.45, 7) is 7.62. The second-order valence-corrected chi connectivity index (χ2v) is 19.0. The third-order valence-electron chi connectivity index (χ3n) is 14.1. The first kappa shape index (κ1) is 41.3. The number of carboxylic acid groups (broad SMARTS) is 1. The van der Waals surface area contributed by atoms with E-state index in [4.69, 9.17) is 14.7 Å². The second kappa shape index (κ2) is 15.8. The molecule has 2 saturated carbocycles. The summed E-state index contributed by atoms with van der Waals surface area (Å²) in [5.74, 6) is 1.84. The van der Waals surface area contributed by atoms with Gasteiger partial charge in [-0.3, -0.25) is 14.5 Å². The molecule has 14 nitrogen and oxygen atoms in total. The van der Waals surface area contributed by atoms with Crippen molar-refractivity contribution in [1.29, 1.82) is 0 Å². The SMILES string of the molecule is COC(=O)N[C@H](C(=O)N1[C@@H]2C[C@@H]2C[C@H]1c1nc(-c2ccc3cc(-c4ccc5cc(-c6c[nH]c([C@@H]7C[C@H]8C[C@H]8N7C(=O)[C@H](C(C)C)N(C)C(=O)O)n6)ccc5c4)ccc3c2)c[nH]1)C(C)C. The molecule has 2 saturated heterocycles. The van der Waals surface area contributed by atoms with Crippen LogP contribution in [0.25, 0.3) is 55.2 Å². The molecule has 6 aromatic rings. The normalized spacial score (nSPS) is 23.0. The Morgan fingerprint density at radius 2 is 1.11 bits per heavy atom. The van der Waals surface area contributed by atoms with Crippen LogP contribution in [-0.2, 0) is 14.3 Å². The highest BCUT2D eigenvalue weighted by molar-refractivity contribution is 5.94. The number of nitrogens with one attached hydrogen (secondary N) is 3. The lowest BCUT2D eigenvalue weighted by atomic mass is 9.97. The van der Waals surface area contributed by atoms with Crippen molar-refractivity contribution in [2.75, 3.05) is 14.2 Å². The number of carbonyl (C=O) groups is 4. The Morgan fingerprint density at radius 3 is 1.53 bits per heavy atom. The Kier molecular flexibility index (Phi) is 10.2. The van der Waals surface area contributed by atoms with Crippen LogP contribution in [0.1, 0.15) is 77.1 Å². The predicted octanol–water partition coefficient (Wildman–Crippen LogP) is 8.78. The Hall–Kier alpha value is -6.70. The van der Waals surface area contributed by atoms with Crippen LogP contribution in [0.4, 0.5) is 9.59 Å². The average Bonchev–Trinajstić information content (AvgIpc) is 3.87. The van der Waals surface area contributed by atoms with Gasteiger partial charge in [0.15, 0.2) is 0 Å². The van der Waals surface area contributed by atoms with E-state index in [0.717, 1.165) is 97.4 Å². The zero-order valence-corrected chi connectivity index (χ0v) is 36.9. The molecular formula is C50H54N8O6. The number of carbonyl (C=O) groups excluding carboxylic acids is 3. The van der Waals surface area contributed by atoms with Crippen molar-refractivity contribution >= 4 is 45.5 Å². The molecule has 4 fully saturated rings. The number of methoxy groups -OCH3 is 1. The van der Waals surface area contributed by atoms with Crippen molar-refractivity contribution in [3.05, 3.63) is 96.8 Å². The van der Waals surface area contributed by atoms with Gasteiger partial charge in [0.25, 0.3) is 0 Å². The molecule has 4 N–H and O–H groups in total. The van der Waals surface area contributed by atoms with E-state index in [1.54, 1.807) is 0 Å². The highest BCUT2D eigenvalue weighted by Crippen LogP contribution is 2.55. The molecule has 64 heavy (non-hydrogen) atoms. The lowest BCUT2D eigenvalue weighted by molar-refractivity contribution is -0.140. The first-order chi connectivity index (χ1) is 30.8. The Labute approximate surface area is 371 Å². The van der Waals surface area contributed by atoms with Gasteiger partial charge >= 0.3 is 12.2 Å². The van der Waals surface area contributed by atoms with E-state index in [1.165, 1.54) is 14.2 Å². The average molecular weight is 863 g/mol. The van der Waals surface area contributed by atoms with E-state index in [1.807, 2.05) is 49.9 Å². The van der Waals surface area contributed by atoms with E-state index in [0.29, 0.717) is 11.8 Å². The number of imidazole rings is 2. The molecule has 0 unspecified atom stereocenters. The number of fused-ring (bicyclic) bond motifs is 4. The third-order valence-corrected chi connectivity index (χ3v) is 14.1. The molecule has 14 heteroatoms. The lowest BCUT2D eigenvalue weighted by Gasteiger charge is -2.35. The van der Waals surface area contributed by atoms with Crippen LogP contribution in [-0.4, -0.2) is 102 Å². The van der Waals surface area contributed by atoms with Crippen molar-refractivity contribution in [2.24, 2.45) is 23.7 Å². The first-order valence-electron chi connectivity index (χ1n) is 22.4. The van der Waals surface area contributed by atoms with Crippen LogP contribution in [0.15, 0.2) is 85.2 Å². The van der Waals surface area contributed by atoms with Crippen molar-refractivity contribution in [3.8, 4) is 33.6 Å². The van der Waals surface area contributed by atoms with Crippen molar-refractivity contribution < 1.29 is 29.0 Å². The largest absolute Gasteiger partial charge is 0.465 e. The lowest BCUT2D eigenvalue weighted by Crippen LogP contribution is -2.52. The minimum Gasteiger partial charge on any atom is -0.465 e. The second-order valence-electron chi connectivity index (χ2n) is 19.0. The predicted molar refractivity (Wildman–Crippen MR) is 243 cm³/mol. The van der Waals surface area contributed by atoms with Crippen molar-refractivity contribution in [3.63, 3.8) is 0 Å². The zero-order valence-electron chi connectivity index (χ0n) is 36.9. The number of hydrogen-bond acceptors (Lipinski definition) is 7. The number of benzene rings is 4. The fourth-order valence-corrected chi connectivity index (χ4v) is 10.5. The number of likely N-dealkylation sites (N-methyl/N-ethyl adjacent to an activating group) is 1. The quantitative estimate of drug-likeness (QED) is 0.0999. The standard InChI is InChI=1S/C50H54N8O6/c1-25(2)43(55-49(61)64-6)47(59)57-39-19-35(39)21-41(57)45-51-23-37(53-45)33-13-11-29-15-27(7-9-31(29)17-33)28-8-10-32-18-34(14-12-30(32)16-28)38-24-52-46(54-38)42-22-36-20-40(36)58(42)48(60)44(26(3)4)56(5)50(62)63/h7-18,23-26,35-36,39-44H,19-22H2,1-6H3,(H,51,53)(H,52,54)(H,55,61)(H,62,63)/t35-,36-,39-,40-,41+,42+,43+,44+/m1/s1. The van der Waals surface area contributed by atoms with E-state index < -0.39 is 24.3 Å². The topological polar surface area (TPSA) is 177 Å². The molecule has 4 aliphatic rings. The summed E-state index contributed by atoms with van der Waals surface area (Å²) in [6.07, 6.45) is 5.68. The number of amides is 4. The van der Waals surface area contributed by atoms with Gasteiger partial charge in [-0.25, -0.2) is 19.6 Å². The van der Waals surface area contributed by atoms with Gasteiger partial charge in [0.1, 0.15) is 23.7 Å². The van der Waals surface area contributed by atoms with Gasteiger partial charge in [0.2, 0.25) is 11.8 Å². The summed E-state index contributed by atoms with van der Waals surface area (Å²) < 4.78 is 4.81. The van der Waals surface area contributed by atoms with Gasteiger partial charge in [0, 0.05) is 42.7 Å². The van der Waals surface area contributed by atoms with Gasteiger partial charge in [-0.05, 0) is 106 Å².